The third-order valence-corrected chi connectivity index (χ3v) is 11.0. The molecule has 0 unspecified atom stereocenters. The molecule has 0 saturated carbocycles. The average Bonchev–Trinajstić information content (AvgIpc) is 3.64. The molecule has 0 spiro atoms. The molecule has 9 aromatic rings. The van der Waals surface area contributed by atoms with Crippen molar-refractivity contribution in [1.82, 2.24) is 4.57 Å². The molecule has 0 radical (unpaired) electrons. The zero-order valence-electron chi connectivity index (χ0n) is 28.7. The van der Waals surface area contributed by atoms with Gasteiger partial charge in [-0.05, 0) is 105 Å². The van der Waals surface area contributed by atoms with Gasteiger partial charge in [-0.3, -0.25) is 0 Å². The summed E-state index contributed by atoms with van der Waals surface area (Å²) in [5.41, 5.74) is 14.9. The van der Waals surface area contributed by atoms with Crippen LogP contribution in [-0.4, -0.2) is 4.57 Å². The number of nitrogens with zero attached hydrogens (tertiary/aromatic N) is 2. The Morgan fingerprint density at radius 2 is 1.18 bits per heavy atom. The van der Waals surface area contributed by atoms with Gasteiger partial charge in [0.2, 0.25) is 0 Å². The van der Waals surface area contributed by atoms with Crippen molar-refractivity contribution in [2.24, 2.45) is 0 Å². The lowest BCUT2D eigenvalue weighted by Gasteiger charge is -2.28. The summed E-state index contributed by atoms with van der Waals surface area (Å²) in [5.74, 6) is 0. The summed E-state index contributed by atoms with van der Waals surface area (Å²) in [6.07, 6.45) is 4.51. The second-order valence-corrected chi connectivity index (χ2v) is 14.2. The molecule has 8 aromatic carbocycles. The molecule has 242 valence electrons. The van der Waals surface area contributed by atoms with E-state index in [0.717, 1.165) is 22.6 Å². The largest absolute Gasteiger partial charge is 0.310 e. The van der Waals surface area contributed by atoms with Gasteiger partial charge in [-0.25, -0.2) is 0 Å². The van der Waals surface area contributed by atoms with Crippen LogP contribution in [0.25, 0.3) is 61.5 Å². The number of anilines is 3. The minimum Gasteiger partial charge on any atom is -0.310 e. The van der Waals surface area contributed by atoms with Gasteiger partial charge in [0, 0.05) is 38.9 Å². The summed E-state index contributed by atoms with van der Waals surface area (Å²) in [7, 11) is 0. The minimum absolute atomic E-state index is 0.0610. The van der Waals surface area contributed by atoms with E-state index in [2.05, 4.69) is 205 Å². The molecule has 51 heavy (non-hydrogen) atoms. The molecule has 2 nitrogen and oxygen atoms in total. The zero-order valence-corrected chi connectivity index (χ0v) is 28.7. The van der Waals surface area contributed by atoms with Crippen LogP contribution < -0.4 is 4.90 Å². The van der Waals surface area contributed by atoms with Crippen LogP contribution in [0, 0.1) is 0 Å². The monoisotopic (exact) mass is 652 g/mol. The van der Waals surface area contributed by atoms with Gasteiger partial charge >= 0.3 is 0 Å². The van der Waals surface area contributed by atoms with Crippen LogP contribution in [0.3, 0.4) is 0 Å². The Morgan fingerprint density at radius 3 is 2.00 bits per heavy atom. The van der Waals surface area contributed by atoms with Gasteiger partial charge in [0.25, 0.3) is 0 Å². The van der Waals surface area contributed by atoms with Gasteiger partial charge in [-0.2, -0.15) is 0 Å². The number of para-hydroxylation sites is 2. The molecule has 0 N–H and O–H groups in total. The zero-order chi connectivity index (χ0) is 34.1. The Labute approximate surface area is 298 Å². The van der Waals surface area contributed by atoms with E-state index in [9.17, 15) is 0 Å². The summed E-state index contributed by atoms with van der Waals surface area (Å²) in [4.78, 5) is 2.37. The first-order valence-electron chi connectivity index (χ1n) is 17.8. The molecule has 2 heteroatoms. The lowest BCUT2D eigenvalue weighted by atomic mass is 9.82. The first-order valence-corrected chi connectivity index (χ1v) is 17.8. The summed E-state index contributed by atoms with van der Waals surface area (Å²) >= 11 is 0. The molecule has 0 atom stereocenters. The number of rotatable bonds is 6. The molecule has 0 fully saturated rings. The fraction of sp³-hybridized carbons (Fsp3) is 0.0612. The molecule has 1 aliphatic carbocycles. The third-order valence-electron chi connectivity index (χ3n) is 11.0. The van der Waals surface area contributed by atoms with Gasteiger partial charge in [0.15, 0.2) is 0 Å². The van der Waals surface area contributed by atoms with Crippen molar-refractivity contribution in [3.63, 3.8) is 0 Å². The lowest BCUT2D eigenvalue weighted by Crippen LogP contribution is -2.16. The highest BCUT2D eigenvalue weighted by Gasteiger charge is 2.35. The number of benzene rings is 8. The minimum atomic E-state index is -0.0610. The summed E-state index contributed by atoms with van der Waals surface area (Å²) in [5, 5.41) is 5.20. The molecule has 0 bridgehead atoms. The molecular formula is C49H36N2. The van der Waals surface area contributed by atoms with E-state index in [1.807, 2.05) is 0 Å². The van der Waals surface area contributed by atoms with E-state index in [1.165, 1.54) is 66.1 Å². The fourth-order valence-electron chi connectivity index (χ4n) is 8.49. The standard InChI is InChI=1S/C49H36N2/c1-49(2)43-18-10-9-17-41(43)42-30-28-39(32-44(42)49)50(36-13-5-3-6-14-36)38-26-21-33(22-27-38)20-23-34-25-31-46-48-40(34)29-24-35-12-11-19-45(47(35)48)51(46)37-15-7-4-8-16-37/h3-32H,1-2H3. The molecule has 1 heterocycles. The first-order chi connectivity index (χ1) is 25.1. The van der Waals surface area contributed by atoms with Gasteiger partial charge in [0.05, 0.1) is 11.0 Å². The third kappa shape index (κ3) is 4.57. The summed E-state index contributed by atoms with van der Waals surface area (Å²) < 4.78 is 2.40. The van der Waals surface area contributed by atoms with E-state index < -0.39 is 0 Å². The topological polar surface area (TPSA) is 8.17 Å². The first kappa shape index (κ1) is 29.5. The van der Waals surface area contributed by atoms with Crippen LogP contribution in [0.15, 0.2) is 170 Å². The van der Waals surface area contributed by atoms with Crippen LogP contribution in [0.4, 0.5) is 17.1 Å². The summed E-state index contributed by atoms with van der Waals surface area (Å²) in [6.45, 7) is 4.69. The quantitative estimate of drug-likeness (QED) is 0.128. The Balaban J connectivity index is 1.02. The highest BCUT2D eigenvalue weighted by atomic mass is 15.1. The van der Waals surface area contributed by atoms with Crippen molar-refractivity contribution in [2.75, 3.05) is 4.90 Å². The number of fused-ring (bicyclic) bond motifs is 3. The molecule has 1 aliphatic rings. The maximum Gasteiger partial charge on any atom is 0.0547 e. The van der Waals surface area contributed by atoms with Crippen molar-refractivity contribution in [2.45, 2.75) is 19.3 Å². The average molecular weight is 653 g/mol. The van der Waals surface area contributed by atoms with E-state index in [1.54, 1.807) is 0 Å². The molecule has 10 rings (SSSR count). The van der Waals surface area contributed by atoms with Crippen molar-refractivity contribution in [3.8, 4) is 16.8 Å². The number of hydrogen-bond acceptors (Lipinski definition) is 1. The van der Waals surface area contributed by atoms with E-state index in [0.29, 0.717) is 0 Å². The van der Waals surface area contributed by atoms with Crippen molar-refractivity contribution >= 4 is 61.8 Å². The highest BCUT2D eigenvalue weighted by molar-refractivity contribution is 6.25. The Bertz CT molecular complexity index is 2750. The van der Waals surface area contributed by atoms with Gasteiger partial charge in [-0.1, -0.05) is 135 Å². The lowest BCUT2D eigenvalue weighted by molar-refractivity contribution is 0.660. The second kappa shape index (κ2) is 11.3. The Hall–Kier alpha value is -6.38. The number of aromatic nitrogens is 1. The molecule has 0 saturated heterocycles. The smallest absolute Gasteiger partial charge is 0.0547 e. The number of hydrogen-bond donors (Lipinski definition) is 0. The molecule has 0 aliphatic heterocycles. The molecular weight excluding hydrogens is 617 g/mol. The van der Waals surface area contributed by atoms with E-state index >= 15 is 0 Å². The normalized spacial score (nSPS) is 13.4. The van der Waals surface area contributed by atoms with Gasteiger partial charge in [-0.15, -0.1) is 0 Å². The van der Waals surface area contributed by atoms with Crippen LogP contribution >= 0.6 is 0 Å². The Kier molecular flexibility index (Phi) is 6.56. The molecule has 1 aromatic heterocycles. The van der Waals surface area contributed by atoms with E-state index in [4.69, 9.17) is 0 Å². The predicted molar refractivity (Wildman–Crippen MR) is 217 cm³/mol. The van der Waals surface area contributed by atoms with Gasteiger partial charge < -0.3 is 9.47 Å². The maximum atomic E-state index is 2.40. The predicted octanol–water partition coefficient (Wildman–Crippen LogP) is 13.3. The maximum absolute atomic E-state index is 2.40. The van der Waals surface area contributed by atoms with Crippen molar-refractivity contribution < 1.29 is 0 Å². The second-order valence-electron chi connectivity index (χ2n) is 14.2. The van der Waals surface area contributed by atoms with Crippen LogP contribution in [-0.2, 0) is 5.41 Å². The molecule has 0 amide bonds. The van der Waals surface area contributed by atoms with E-state index in [-0.39, 0.29) is 5.41 Å². The van der Waals surface area contributed by atoms with Crippen LogP contribution in [0.2, 0.25) is 0 Å². The Morgan fingerprint density at radius 1 is 0.490 bits per heavy atom. The summed E-state index contributed by atoms with van der Waals surface area (Å²) in [6, 6.07) is 61.9. The fourth-order valence-corrected chi connectivity index (χ4v) is 8.49. The van der Waals surface area contributed by atoms with Gasteiger partial charge in [0.1, 0.15) is 0 Å². The van der Waals surface area contributed by atoms with Crippen LogP contribution in [0.1, 0.15) is 36.1 Å². The SMILES string of the molecule is CC1(C)c2ccccc2-c2ccc(N(c3ccccc3)c3ccc(C=Cc4ccc5c6c4ccc4cccc(c46)n5-c4ccccc4)cc3)cc21. The van der Waals surface area contributed by atoms with Crippen molar-refractivity contribution in [1.29, 1.82) is 0 Å². The van der Waals surface area contributed by atoms with Crippen molar-refractivity contribution in [3.05, 3.63) is 192 Å². The van der Waals surface area contributed by atoms with Crippen LogP contribution in [0.5, 0.6) is 0 Å². The highest BCUT2D eigenvalue weighted by Crippen LogP contribution is 2.50.